The van der Waals surface area contributed by atoms with Crippen molar-refractivity contribution in [2.75, 3.05) is 14.2 Å². The third kappa shape index (κ3) is 7.21. The Balaban J connectivity index is 1.49. The molecule has 0 heterocycles. The molecule has 3 rings (SSSR count). The Morgan fingerprint density at radius 1 is 1.03 bits per heavy atom. The lowest BCUT2D eigenvalue weighted by molar-refractivity contribution is -0.109. The van der Waals surface area contributed by atoms with Crippen LogP contribution in [0.4, 0.5) is 0 Å². The largest absolute Gasteiger partial charge is 0.497 e. The van der Waals surface area contributed by atoms with E-state index in [2.05, 4.69) is 29.4 Å². The Morgan fingerprint density at radius 2 is 1.61 bits per heavy atom. The van der Waals surface area contributed by atoms with E-state index in [9.17, 15) is 9.59 Å². The summed E-state index contributed by atoms with van der Waals surface area (Å²) in [6.07, 6.45) is 7.73. The van der Waals surface area contributed by atoms with Crippen molar-refractivity contribution in [3.8, 4) is 5.75 Å². The summed E-state index contributed by atoms with van der Waals surface area (Å²) < 4.78 is 5.20. The number of nitrogens with zero attached hydrogens (tertiary/aromatic N) is 1. The van der Waals surface area contributed by atoms with Crippen molar-refractivity contribution < 1.29 is 14.3 Å². The van der Waals surface area contributed by atoms with Gasteiger partial charge in [-0.15, -0.1) is 0 Å². The highest BCUT2D eigenvalue weighted by atomic mass is 16.5. The van der Waals surface area contributed by atoms with Crippen molar-refractivity contribution in [3.63, 3.8) is 0 Å². The molecule has 2 aromatic carbocycles. The summed E-state index contributed by atoms with van der Waals surface area (Å²) in [6.45, 7) is 1.61. The number of nitrogens with one attached hydrogen (secondary N) is 1. The van der Waals surface area contributed by atoms with Crippen LogP contribution < -0.4 is 10.1 Å². The maximum atomic E-state index is 12.6. The fourth-order valence-electron chi connectivity index (χ4n) is 4.35. The van der Waals surface area contributed by atoms with Gasteiger partial charge in [0.2, 0.25) is 0 Å². The van der Waals surface area contributed by atoms with Crippen molar-refractivity contribution in [2.45, 2.75) is 57.7 Å². The molecule has 0 spiro atoms. The molecule has 0 aromatic heterocycles. The van der Waals surface area contributed by atoms with Crippen LogP contribution >= 0.6 is 0 Å². The summed E-state index contributed by atoms with van der Waals surface area (Å²) in [5, 5.41) is 2.90. The number of ether oxygens (including phenoxy) is 1. The first kappa shape index (κ1) is 23.0. The second kappa shape index (κ2) is 11.7. The molecular weight excluding hydrogens is 388 g/mol. The van der Waals surface area contributed by atoms with Gasteiger partial charge in [-0.25, -0.2) is 0 Å². The maximum Gasteiger partial charge on any atom is 0.251 e. The molecule has 1 unspecified atom stereocenters. The average Bonchev–Trinajstić information content (AvgIpc) is 2.80. The van der Waals surface area contributed by atoms with Gasteiger partial charge in [0, 0.05) is 18.7 Å². The lowest BCUT2D eigenvalue weighted by Gasteiger charge is -2.24. The second-order valence-corrected chi connectivity index (χ2v) is 8.67. The zero-order chi connectivity index (χ0) is 22.1. The van der Waals surface area contributed by atoms with Crippen LogP contribution in [0.15, 0.2) is 48.5 Å². The molecule has 1 aliphatic rings. The lowest BCUT2D eigenvalue weighted by atomic mass is 9.85. The first-order valence-electron chi connectivity index (χ1n) is 11.2. The summed E-state index contributed by atoms with van der Waals surface area (Å²) >= 11 is 0. The first-order chi connectivity index (χ1) is 15.1. The highest BCUT2D eigenvalue weighted by molar-refractivity contribution is 5.95. The number of carbonyl (C=O) groups excluding carboxylic acids is 2. The SMILES string of the molecule is COc1ccc(CN(C)Cc2ccc(C(=O)NC(C=O)CC3CCCCC3)cc2)cc1. The molecule has 1 fully saturated rings. The number of hydrogen-bond donors (Lipinski definition) is 1. The predicted octanol–water partition coefficient (Wildman–Crippen LogP) is 4.59. The van der Waals surface area contributed by atoms with Crippen LogP contribution in [0.3, 0.4) is 0 Å². The lowest BCUT2D eigenvalue weighted by Crippen LogP contribution is -2.37. The van der Waals surface area contributed by atoms with Crippen LogP contribution in [-0.2, 0) is 17.9 Å². The minimum atomic E-state index is -0.397. The van der Waals surface area contributed by atoms with Crippen LogP contribution in [0.1, 0.15) is 60.0 Å². The summed E-state index contributed by atoms with van der Waals surface area (Å²) in [5.74, 6) is 1.23. The first-order valence-corrected chi connectivity index (χ1v) is 11.2. The minimum Gasteiger partial charge on any atom is -0.497 e. The summed E-state index contributed by atoms with van der Waals surface area (Å²) in [4.78, 5) is 26.3. The van der Waals surface area contributed by atoms with Crippen LogP contribution in [0.2, 0.25) is 0 Å². The van der Waals surface area contributed by atoms with E-state index in [-0.39, 0.29) is 5.91 Å². The van der Waals surface area contributed by atoms with Crippen LogP contribution in [-0.4, -0.2) is 37.3 Å². The molecule has 5 nitrogen and oxygen atoms in total. The van der Waals surface area contributed by atoms with E-state index in [0.717, 1.165) is 37.1 Å². The van der Waals surface area contributed by atoms with Crippen molar-refractivity contribution >= 4 is 12.2 Å². The molecule has 1 N–H and O–H groups in total. The van der Waals surface area contributed by atoms with Crippen molar-refractivity contribution in [1.29, 1.82) is 0 Å². The predicted molar refractivity (Wildman–Crippen MR) is 123 cm³/mol. The molecule has 1 atom stereocenters. The zero-order valence-corrected chi connectivity index (χ0v) is 18.7. The Labute approximate surface area is 185 Å². The van der Waals surface area contributed by atoms with E-state index >= 15 is 0 Å². The Kier molecular flexibility index (Phi) is 8.65. The quantitative estimate of drug-likeness (QED) is 0.569. The molecule has 166 valence electrons. The topological polar surface area (TPSA) is 58.6 Å². The Hall–Kier alpha value is -2.66. The normalized spacial score (nSPS) is 15.5. The summed E-state index contributed by atoms with van der Waals surface area (Å²) in [5.41, 5.74) is 2.95. The monoisotopic (exact) mass is 422 g/mol. The van der Waals surface area contributed by atoms with Gasteiger partial charge in [-0.05, 0) is 54.8 Å². The van der Waals surface area contributed by atoms with Gasteiger partial charge in [0.15, 0.2) is 0 Å². The average molecular weight is 423 g/mol. The summed E-state index contributed by atoms with van der Waals surface area (Å²) in [7, 11) is 3.74. The zero-order valence-electron chi connectivity index (χ0n) is 18.7. The van der Waals surface area contributed by atoms with Gasteiger partial charge >= 0.3 is 0 Å². The van der Waals surface area contributed by atoms with Crippen molar-refractivity contribution in [3.05, 3.63) is 65.2 Å². The van der Waals surface area contributed by atoms with Crippen LogP contribution in [0, 0.1) is 5.92 Å². The standard InChI is InChI=1S/C26H34N2O3/c1-28(18-22-10-14-25(31-2)15-11-22)17-21-8-12-23(13-9-21)26(30)27-24(19-29)16-20-6-4-3-5-7-20/h8-15,19-20,24H,3-7,16-18H2,1-2H3,(H,27,30). The van der Waals surface area contributed by atoms with E-state index in [1.807, 2.05) is 36.4 Å². The molecule has 31 heavy (non-hydrogen) atoms. The molecule has 2 aromatic rings. The van der Waals surface area contributed by atoms with E-state index in [0.29, 0.717) is 11.5 Å². The highest BCUT2D eigenvalue weighted by Gasteiger charge is 2.20. The molecule has 0 radical (unpaired) electrons. The number of amides is 1. The molecule has 5 heteroatoms. The Bertz CT molecular complexity index is 827. The van der Waals surface area contributed by atoms with Gasteiger partial charge in [-0.1, -0.05) is 56.4 Å². The summed E-state index contributed by atoms with van der Waals surface area (Å²) in [6, 6.07) is 15.3. The number of carbonyl (C=O) groups is 2. The number of aldehydes is 1. The van der Waals surface area contributed by atoms with E-state index in [1.165, 1.54) is 37.7 Å². The third-order valence-electron chi connectivity index (χ3n) is 6.07. The molecule has 1 aliphatic carbocycles. The van der Waals surface area contributed by atoms with E-state index in [4.69, 9.17) is 4.74 Å². The minimum absolute atomic E-state index is 0.175. The van der Waals surface area contributed by atoms with Crippen LogP contribution in [0.5, 0.6) is 5.75 Å². The second-order valence-electron chi connectivity index (χ2n) is 8.67. The highest BCUT2D eigenvalue weighted by Crippen LogP contribution is 2.27. The van der Waals surface area contributed by atoms with Gasteiger partial charge < -0.3 is 14.8 Å². The van der Waals surface area contributed by atoms with Crippen molar-refractivity contribution in [1.82, 2.24) is 10.2 Å². The fourth-order valence-corrected chi connectivity index (χ4v) is 4.35. The molecular formula is C26H34N2O3. The van der Waals surface area contributed by atoms with Gasteiger partial charge in [0.05, 0.1) is 13.2 Å². The number of hydrogen-bond acceptors (Lipinski definition) is 4. The molecule has 1 amide bonds. The van der Waals surface area contributed by atoms with Gasteiger partial charge in [-0.3, -0.25) is 9.69 Å². The Morgan fingerprint density at radius 3 is 2.16 bits per heavy atom. The molecule has 0 bridgehead atoms. The van der Waals surface area contributed by atoms with Crippen molar-refractivity contribution in [2.24, 2.45) is 5.92 Å². The van der Waals surface area contributed by atoms with Gasteiger partial charge in [0.1, 0.15) is 12.0 Å². The maximum absolute atomic E-state index is 12.6. The third-order valence-corrected chi connectivity index (χ3v) is 6.07. The number of methoxy groups -OCH3 is 1. The van der Waals surface area contributed by atoms with Gasteiger partial charge in [-0.2, -0.15) is 0 Å². The van der Waals surface area contributed by atoms with Crippen LogP contribution in [0.25, 0.3) is 0 Å². The van der Waals surface area contributed by atoms with E-state index < -0.39 is 6.04 Å². The molecule has 0 saturated heterocycles. The van der Waals surface area contributed by atoms with Gasteiger partial charge in [0.25, 0.3) is 5.91 Å². The molecule has 0 aliphatic heterocycles. The van der Waals surface area contributed by atoms with E-state index in [1.54, 1.807) is 7.11 Å². The fraction of sp³-hybridized carbons (Fsp3) is 0.462. The number of benzene rings is 2. The molecule has 1 saturated carbocycles. The smallest absolute Gasteiger partial charge is 0.251 e. The number of rotatable bonds is 10.